The molecular weight excluding hydrogens is 260 g/mol. The first-order valence-corrected chi connectivity index (χ1v) is 9.30. The van der Waals surface area contributed by atoms with Gasteiger partial charge in [0.15, 0.2) is 0 Å². The van der Waals surface area contributed by atoms with E-state index in [1.807, 2.05) is 0 Å². The molecule has 0 aromatic carbocycles. The zero-order valence-electron chi connectivity index (χ0n) is 14.5. The highest BCUT2D eigenvalue weighted by Crippen LogP contribution is 2.33. The summed E-state index contributed by atoms with van der Waals surface area (Å²) in [4.78, 5) is 0. The first-order valence-electron chi connectivity index (χ1n) is 9.30. The molecule has 2 rings (SSSR count). The van der Waals surface area contributed by atoms with Gasteiger partial charge in [0, 0.05) is 13.2 Å². The summed E-state index contributed by atoms with van der Waals surface area (Å²) in [6, 6.07) is 0. The van der Waals surface area contributed by atoms with Crippen molar-refractivity contribution in [3.05, 3.63) is 0 Å². The Morgan fingerprint density at radius 2 is 1.24 bits per heavy atom. The van der Waals surface area contributed by atoms with E-state index in [1.165, 1.54) is 44.9 Å². The van der Waals surface area contributed by atoms with E-state index in [9.17, 15) is 0 Å². The van der Waals surface area contributed by atoms with Gasteiger partial charge < -0.3 is 9.47 Å². The summed E-state index contributed by atoms with van der Waals surface area (Å²) in [7, 11) is 0. The maximum absolute atomic E-state index is 5.84. The summed E-state index contributed by atoms with van der Waals surface area (Å²) in [5.41, 5.74) is 0. The van der Waals surface area contributed by atoms with Gasteiger partial charge in [-0.2, -0.15) is 0 Å². The second-order valence-electron chi connectivity index (χ2n) is 7.91. The van der Waals surface area contributed by atoms with Crippen molar-refractivity contribution < 1.29 is 9.47 Å². The Labute approximate surface area is 132 Å². The fourth-order valence-corrected chi connectivity index (χ4v) is 3.92. The van der Waals surface area contributed by atoms with Crippen LogP contribution in [0.2, 0.25) is 0 Å². The third-order valence-electron chi connectivity index (χ3n) is 5.92. The van der Waals surface area contributed by atoms with Gasteiger partial charge in [0.1, 0.15) is 0 Å². The van der Waals surface area contributed by atoms with Crippen LogP contribution in [0.1, 0.15) is 65.7 Å². The summed E-state index contributed by atoms with van der Waals surface area (Å²) in [6.45, 7) is 10.6. The lowest BCUT2D eigenvalue weighted by Crippen LogP contribution is -2.24. The van der Waals surface area contributed by atoms with E-state index in [0.717, 1.165) is 56.0 Å². The standard InChI is InChI=1S/C19H36O2/c1-15-4-7-18(8-5-15)13-20-10-11-21-14-19-9-6-16(2)17(3)12-19/h15-19H,4-14H2,1-3H3. The zero-order valence-corrected chi connectivity index (χ0v) is 14.5. The fourth-order valence-electron chi connectivity index (χ4n) is 3.92. The maximum atomic E-state index is 5.84. The van der Waals surface area contributed by atoms with Crippen molar-refractivity contribution in [2.45, 2.75) is 65.7 Å². The lowest BCUT2D eigenvalue weighted by Gasteiger charge is -2.31. The molecule has 0 bridgehead atoms. The van der Waals surface area contributed by atoms with Crippen LogP contribution < -0.4 is 0 Å². The van der Waals surface area contributed by atoms with Gasteiger partial charge in [-0.1, -0.05) is 40.0 Å². The van der Waals surface area contributed by atoms with Crippen molar-refractivity contribution in [2.24, 2.45) is 29.6 Å². The molecule has 2 nitrogen and oxygen atoms in total. The van der Waals surface area contributed by atoms with Crippen LogP contribution in [0.5, 0.6) is 0 Å². The van der Waals surface area contributed by atoms with E-state index in [2.05, 4.69) is 20.8 Å². The summed E-state index contributed by atoms with van der Waals surface area (Å²) >= 11 is 0. The van der Waals surface area contributed by atoms with Crippen molar-refractivity contribution in [3.63, 3.8) is 0 Å². The van der Waals surface area contributed by atoms with Crippen molar-refractivity contribution in [2.75, 3.05) is 26.4 Å². The molecule has 3 unspecified atom stereocenters. The normalized spacial score (nSPS) is 37.6. The van der Waals surface area contributed by atoms with Crippen LogP contribution in [0, 0.1) is 29.6 Å². The Kier molecular flexibility index (Phi) is 7.53. The Morgan fingerprint density at radius 3 is 1.86 bits per heavy atom. The highest BCUT2D eigenvalue weighted by Gasteiger charge is 2.24. The predicted molar refractivity (Wildman–Crippen MR) is 88.4 cm³/mol. The monoisotopic (exact) mass is 296 g/mol. The smallest absolute Gasteiger partial charge is 0.0700 e. The number of rotatable bonds is 7. The van der Waals surface area contributed by atoms with Gasteiger partial charge in [0.05, 0.1) is 13.2 Å². The molecule has 0 aromatic heterocycles. The maximum Gasteiger partial charge on any atom is 0.0700 e. The van der Waals surface area contributed by atoms with E-state index in [1.54, 1.807) is 0 Å². The average molecular weight is 296 g/mol. The quantitative estimate of drug-likeness (QED) is 0.621. The van der Waals surface area contributed by atoms with E-state index >= 15 is 0 Å². The van der Waals surface area contributed by atoms with E-state index in [0.29, 0.717) is 0 Å². The Morgan fingerprint density at radius 1 is 0.667 bits per heavy atom. The predicted octanol–water partition coefficient (Wildman–Crippen LogP) is 4.92. The number of ether oxygens (including phenoxy) is 2. The summed E-state index contributed by atoms with van der Waals surface area (Å²) in [6.07, 6.45) is 9.59. The molecule has 2 heteroatoms. The Hall–Kier alpha value is -0.0800. The molecule has 0 amide bonds. The molecule has 0 heterocycles. The molecule has 124 valence electrons. The van der Waals surface area contributed by atoms with Crippen molar-refractivity contribution in [1.29, 1.82) is 0 Å². The average Bonchev–Trinajstić information content (AvgIpc) is 2.48. The first-order chi connectivity index (χ1) is 10.1. The lowest BCUT2D eigenvalue weighted by atomic mass is 9.76. The second-order valence-corrected chi connectivity index (χ2v) is 7.91. The molecule has 0 N–H and O–H groups in total. The molecule has 2 aliphatic carbocycles. The van der Waals surface area contributed by atoms with Gasteiger partial charge in [-0.05, 0) is 55.3 Å². The molecule has 21 heavy (non-hydrogen) atoms. The van der Waals surface area contributed by atoms with Crippen LogP contribution in [0.4, 0.5) is 0 Å². The summed E-state index contributed by atoms with van der Waals surface area (Å²) in [5, 5.41) is 0. The third-order valence-corrected chi connectivity index (χ3v) is 5.92. The second kappa shape index (κ2) is 9.15. The lowest BCUT2D eigenvalue weighted by molar-refractivity contribution is 0.00641. The number of hydrogen-bond donors (Lipinski definition) is 0. The van der Waals surface area contributed by atoms with Crippen LogP contribution in [0.15, 0.2) is 0 Å². The largest absolute Gasteiger partial charge is 0.379 e. The fraction of sp³-hybridized carbons (Fsp3) is 1.00. The van der Waals surface area contributed by atoms with Crippen molar-refractivity contribution in [3.8, 4) is 0 Å². The van der Waals surface area contributed by atoms with Crippen LogP contribution in [0.3, 0.4) is 0 Å². The summed E-state index contributed by atoms with van der Waals surface area (Å²) < 4.78 is 11.6. The highest BCUT2D eigenvalue weighted by atomic mass is 16.5. The molecule has 0 spiro atoms. The van der Waals surface area contributed by atoms with Gasteiger partial charge in [-0.3, -0.25) is 0 Å². The van der Waals surface area contributed by atoms with Crippen LogP contribution >= 0.6 is 0 Å². The molecule has 2 aliphatic rings. The number of hydrogen-bond acceptors (Lipinski definition) is 2. The Balaban J connectivity index is 1.43. The van der Waals surface area contributed by atoms with E-state index < -0.39 is 0 Å². The molecule has 0 radical (unpaired) electrons. The van der Waals surface area contributed by atoms with Crippen LogP contribution in [-0.2, 0) is 9.47 Å². The van der Waals surface area contributed by atoms with Crippen molar-refractivity contribution >= 4 is 0 Å². The SMILES string of the molecule is CC1CCC(COCCOCC2CCC(C)C(C)C2)CC1. The van der Waals surface area contributed by atoms with Gasteiger partial charge in [0.2, 0.25) is 0 Å². The third kappa shape index (κ3) is 6.28. The Bertz CT molecular complexity index is 271. The molecular formula is C19H36O2. The van der Waals surface area contributed by atoms with Gasteiger partial charge in [-0.15, -0.1) is 0 Å². The van der Waals surface area contributed by atoms with Crippen molar-refractivity contribution in [1.82, 2.24) is 0 Å². The molecule has 2 saturated carbocycles. The molecule has 0 aromatic rings. The molecule has 2 fully saturated rings. The molecule has 0 saturated heterocycles. The minimum atomic E-state index is 0.781. The van der Waals surface area contributed by atoms with E-state index in [4.69, 9.17) is 9.47 Å². The topological polar surface area (TPSA) is 18.5 Å². The zero-order chi connectivity index (χ0) is 15.1. The van der Waals surface area contributed by atoms with Crippen LogP contribution in [0.25, 0.3) is 0 Å². The molecule has 0 aliphatic heterocycles. The first kappa shape index (κ1) is 17.3. The highest BCUT2D eigenvalue weighted by molar-refractivity contribution is 4.75. The van der Waals surface area contributed by atoms with Gasteiger partial charge in [0.25, 0.3) is 0 Å². The van der Waals surface area contributed by atoms with E-state index in [-0.39, 0.29) is 0 Å². The molecule has 3 atom stereocenters. The van der Waals surface area contributed by atoms with Crippen LogP contribution in [-0.4, -0.2) is 26.4 Å². The minimum absolute atomic E-state index is 0.781. The van der Waals surface area contributed by atoms with Gasteiger partial charge >= 0.3 is 0 Å². The van der Waals surface area contributed by atoms with Gasteiger partial charge in [-0.25, -0.2) is 0 Å². The summed E-state index contributed by atoms with van der Waals surface area (Å²) in [5.74, 6) is 4.31. The minimum Gasteiger partial charge on any atom is -0.379 e.